The van der Waals surface area contributed by atoms with Gasteiger partial charge in [0, 0.05) is 5.69 Å². The fraction of sp³-hybridized carbons (Fsp3) is 0.429. The lowest BCUT2D eigenvalue weighted by Gasteiger charge is -2.28. The van der Waals surface area contributed by atoms with Gasteiger partial charge in [-0.3, -0.25) is 0 Å². The van der Waals surface area contributed by atoms with Crippen molar-refractivity contribution in [2.45, 2.75) is 39.2 Å². The lowest BCUT2D eigenvalue weighted by Crippen LogP contribution is -2.54. The van der Waals surface area contributed by atoms with Crippen molar-refractivity contribution in [1.82, 2.24) is 5.32 Å². The number of rotatable bonds is 5. The van der Waals surface area contributed by atoms with Crippen molar-refractivity contribution in [1.29, 1.82) is 0 Å². The molecule has 0 bridgehead atoms. The van der Waals surface area contributed by atoms with Crippen LogP contribution in [0.3, 0.4) is 0 Å². The van der Waals surface area contributed by atoms with Gasteiger partial charge in [0.15, 0.2) is 0 Å². The first kappa shape index (κ1) is 15.0. The van der Waals surface area contributed by atoms with E-state index in [9.17, 15) is 14.7 Å². The maximum absolute atomic E-state index is 11.9. The predicted molar refractivity (Wildman–Crippen MR) is 74.3 cm³/mol. The highest BCUT2D eigenvalue weighted by Gasteiger charge is 2.36. The number of urea groups is 1. The number of carbonyl (C=O) groups excluding carboxylic acids is 1. The average Bonchev–Trinajstić information content (AvgIpc) is 2.35. The highest BCUT2D eigenvalue weighted by Crippen LogP contribution is 2.16. The van der Waals surface area contributed by atoms with Crippen LogP contribution in [0.15, 0.2) is 24.3 Å². The maximum atomic E-state index is 11.9. The summed E-state index contributed by atoms with van der Waals surface area (Å²) in [7, 11) is 0. The molecule has 0 aromatic heterocycles. The molecule has 3 N–H and O–H groups in total. The number of aryl methyl sites for hydroxylation is 1. The minimum atomic E-state index is -1.21. The molecule has 0 atom stereocenters. The number of hydrogen-bond acceptors (Lipinski definition) is 2. The summed E-state index contributed by atoms with van der Waals surface area (Å²) in [6.45, 7) is 5.40. The number of aliphatic carboxylic acids is 1. The lowest BCUT2D eigenvalue weighted by atomic mass is 9.93. The smallest absolute Gasteiger partial charge is 0.329 e. The summed E-state index contributed by atoms with van der Waals surface area (Å²) >= 11 is 0. The van der Waals surface area contributed by atoms with Crippen LogP contribution in [0.1, 0.15) is 32.3 Å². The van der Waals surface area contributed by atoms with Gasteiger partial charge < -0.3 is 15.7 Å². The molecular formula is C14H20N2O3. The first-order chi connectivity index (χ1) is 8.93. The van der Waals surface area contributed by atoms with Gasteiger partial charge in [-0.25, -0.2) is 9.59 Å². The Morgan fingerprint density at radius 3 is 2.37 bits per heavy atom. The van der Waals surface area contributed by atoms with Crippen LogP contribution >= 0.6 is 0 Å². The summed E-state index contributed by atoms with van der Waals surface area (Å²) in [5.41, 5.74) is 0.450. The molecule has 0 radical (unpaired) electrons. The van der Waals surface area contributed by atoms with Gasteiger partial charge in [0.25, 0.3) is 0 Å². The van der Waals surface area contributed by atoms with E-state index in [1.54, 1.807) is 19.9 Å². The van der Waals surface area contributed by atoms with Crippen LogP contribution in [0.4, 0.5) is 10.5 Å². The Hall–Kier alpha value is -2.04. The molecule has 0 fully saturated rings. The quantitative estimate of drug-likeness (QED) is 0.765. The first-order valence-electron chi connectivity index (χ1n) is 6.32. The van der Waals surface area contributed by atoms with E-state index in [1.807, 2.05) is 25.1 Å². The molecule has 0 saturated heterocycles. The van der Waals surface area contributed by atoms with Crippen LogP contribution in [0.25, 0.3) is 0 Å². The number of benzene rings is 1. The van der Waals surface area contributed by atoms with Gasteiger partial charge in [0.2, 0.25) is 0 Å². The van der Waals surface area contributed by atoms with Gasteiger partial charge in [-0.1, -0.05) is 26.0 Å². The van der Waals surface area contributed by atoms with Crippen molar-refractivity contribution in [3.8, 4) is 0 Å². The number of carbonyl (C=O) groups is 2. The molecule has 5 heteroatoms. The van der Waals surface area contributed by atoms with Crippen LogP contribution < -0.4 is 10.6 Å². The zero-order valence-electron chi connectivity index (χ0n) is 11.5. The number of carboxylic acids is 1. The summed E-state index contributed by atoms with van der Waals surface area (Å²) in [6.07, 6.45) is 0.667. The number of hydrogen-bond donors (Lipinski definition) is 3. The largest absolute Gasteiger partial charge is 0.480 e. The Labute approximate surface area is 113 Å². The third kappa shape index (κ3) is 3.71. The van der Waals surface area contributed by atoms with E-state index >= 15 is 0 Å². The van der Waals surface area contributed by atoms with Crippen molar-refractivity contribution >= 4 is 17.7 Å². The van der Waals surface area contributed by atoms with Crippen LogP contribution in [0, 0.1) is 6.92 Å². The second kappa shape index (κ2) is 6.22. The molecule has 1 aromatic carbocycles. The molecule has 19 heavy (non-hydrogen) atoms. The Morgan fingerprint density at radius 2 is 1.89 bits per heavy atom. The summed E-state index contributed by atoms with van der Waals surface area (Å²) < 4.78 is 0. The molecule has 104 valence electrons. The maximum Gasteiger partial charge on any atom is 0.329 e. The van der Waals surface area contributed by atoms with Gasteiger partial charge in [-0.2, -0.15) is 0 Å². The Balaban J connectivity index is 2.76. The third-order valence-corrected chi connectivity index (χ3v) is 3.25. The predicted octanol–water partition coefficient (Wildman–Crippen LogP) is 2.76. The standard InChI is InChI=1S/C14H20N2O3/c1-4-14(5-2,12(17)18)16-13(19)15-11-8-6-7-10(3)9-11/h6-9H,4-5H2,1-3H3,(H,17,18)(H2,15,16,19). The third-order valence-electron chi connectivity index (χ3n) is 3.25. The van der Waals surface area contributed by atoms with Crippen LogP contribution in [0.5, 0.6) is 0 Å². The van der Waals surface area contributed by atoms with E-state index in [-0.39, 0.29) is 0 Å². The lowest BCUT2D eigenvalue weighted by molar-refractivity contribution is -0.144. The number of amides is 2. The van der Waals surface area contributed by atoms with Gasteiger partial charge in [0.1, 0.15) is 5.54 Å². The van der Waals surface area contributed by atoms with Gasteiger partial charge in [-0.05, 0) is 37.5 Å². The molecule has 1 aromatic rings. The molecule has 0 aliphatic carbocycles. The molecule has 2 amide bonds. The van der Waals surface area contributed by atoms with Gasteiger partial charge in [0.05, 0.1) is 0 Å². The van der Waals surface area contributed by atoms with E-state index in [4.69, 9.17) is 0 Å². The minimum absolute atomic E-state index is 0.333. The fourth-order valence-corrected chi connectivity index (χ4v) is 1.89. The van der Waals surface area contributed by atoms with Crippen LogP contribution in [0.2, 0.25) is 0 Å². The summed E-state index contributed by atoms with van der Waals surface area (Å²) in [5, 5.41) is 14.4. The molecule has 0 unspecified atom stereocenters. The molecule has 0 aliphatic heterocycles. The topological polar surface area (TPSA) is 78.4 Å². The second-order valence-corrected chi connectivity index (χ2v) is 4.54. The fourth-order valence-electron chi connectivity index (χ4n) is 1.89. The molecule has 0 aliphatic rings. The normalized spacial score (nSPS) is 10.9. The van der Waals surface area contributed by atoms with Gasteiger partial charge >= 0.3 is 12.0 Å². The Morgan fingerprint density at radius 1 is 1.26 bits per heavy atom. The molecule has 5 nitrogen and oxygen atoms in total. The van der Waals surface area contributed by atoms with E-state index in [1.165, 1.54) is 0 Å². The minimum Gasteiger partial charge on any atom is -0.480 e. The van der Waals surface area contributed by atoms with E-state index < -0.39 is 17.5 Å². The van der Waals surface area contributed by atoms with Crippen molar-refractivity contribution < 1.29 is 14.7 Å². The van der Waals surface area contributed by atoms with Crippen molar-refractivity contribution in [2.24, 2.45) is 0 Å². The molecule has 0 saturated carbocycles. The van der Waals surface area contributed by atoms with E-state index in [0.29, 0.717) is 18.5 Å². The highest BCUT2D eigenvalue weighted by molar-refractivity contribution is 5.93. The average molecular weight is 264 g/mol. The molecule has 0 heterocycles. The molecule has 0 spiro atoms. The second-order valence-electron chi connectivity index (χ2n) is 4.54. The van der Waals surface area contributed by atoms with E-state index in [2.05, 4.69) is 10.6 Å². The van der Waals surface area contributed by atoms with Crippen LogP contribution in [-0.4, -0.2) is 22.6 Å². The zero-order valence-corrected chi connectivity index (χ0v) is 11.5. The van der Waals surface area contributed by atoms with Crippen molar-refractivity contribution in [3.05, 3.63) is 29.8 Å². The highest BCUT2D eigenvalue weighted by atomic mass is 16.4. The number of nitrogens with one attached hydrogen (secondary N) is 2. The Bertz CT molecular complexity index is 468. The molecular weight excluding hydrogens is 244 g/mol. The zero-order chi connectivity index (χ0) is 14.5. The number of anilines is 1. The summed E-state index contributed by atoms with van der Waals surface area (Å²) in [4.78, 5) is 23.2. The van der Waals surface area contributed by atoms with Crippen molar-refractivity contribution in [2.75, 3.05) is 5.32 Å². The monoisotopic (exact) mass is 264 g/mol. The molecule has 1 rings (SSSR count). The number of carboxylic acid groups (broad SMARTS) is 1. The van der Waals surface area contributed by atoms with Crippen molar-refractivity contribution in [3.63, 3.8) is 0 Å². The Kier molecular flexibility index (Phi) is 4.92. The van der Waals surface area contributed by atoms with Crippen LogP contribution in [-0.2, 0) is 4.79 Å². The van der Waals surface area contributed by atoms with E-state index in [0.717, 1.165) is 5.56 Å². The SMILES string of the molecule is CCC(CC)(NC(=O)Nc1cccc(C)c1)C(=O)O. The summed E-state index contributed by atoms with van der Waals surface area (Å²) in [6, 6.07) is 6.82. The van der Waals surface area contributed by atoms with Gasteiger partial charge in [-0.15, -0.1) is 0 Å². The first-order valence-corrected chi connectivity index (χ1v) is 6.32. The summed E-state index contributed by atoms with van der Waals surface area (Å²) in [5.74, 6) is -1.02.